The summed E-state index contributed by atoms with van der Waals surface area (Å²) in [5.74, 6) is 0. The van der Waals surface area contributed by atoms with E-state index in [1.54, 1.807) is 24.3 Å². The zero-order valence-corrected chi connectivity index (χ0v) is 17.9. The Balaban J connectivity index is 1.64. The number of aromatic nitrogens is 1. The van der Waals surface area contributed by atoms with E-state index in [0.29, 0.717) is 26.3 Å². The summed E-state index contributed by atoms with van der Waals surface area (Å²) in [4.78, 5) is 4.68. The summed E-state index contributed by atoms with van der Waals surface area (Å²) in [6.45, 7) is 0. The zero-order valence-electron chi connectivity index (χ0n) is 14.0. The average Bonchev–Trinajstić information content (AvgIpc) is 3.04. The van der Waals surface area contributed by atoms with Crippen molar-refractivity contribution in [1.29, 1.82) is 0 Å². The Kier molecular flexibility index (Phi) is 5.24. The summed E-state index contributed by atoms with van der Waals surface area (Å²) in [6, 6.07) is 16.3. The van der Waals surface area contributed by atoms with Crippen molar-refractivity contribution in [3.8, 4) is 10.6 Å². The van der Waals surface area contributed by atoms with Crippen molar-refractivity contribution in [2.75, 3.05) is 4.72 Å². The lowest BCUT2D eigenvalue weighted by Crippen LogP contribution is -2.12. The number of nitrogens with zero attached hydrogens (tertiary/aromatic N) is 1. The molecule has 0 aliphatic heterocycles. The standard InChI is InChI=1S/C19H11Cl3N2O2S2/c20-11-1-5-14(6-2-11)28(25,26)24-13-4-7-15(16(22)10-13)19-23-17-8-3-12(21)9-18(17)27-19/h1-10,24H. The molecule has 142 valence electrons. The fraction of sp³-hybridized carbons (Fsp3) is 0. The Hall–Kier alpha value is -1.83. The van der Waals surface area contributed by atoms with Crippen molar-refractivity contribution in [1.82, 2.24) is 4.98 Å². The van der Waals surface area contributed by atoms with Crippen LogP contribution in [-0.2, 0) is 10.0 Å². The SMILES string of the molecule is O=S(=O)(Nc1ccc(-c2nc3ccc(Cl)cc3s2)c(Cl)c1)c1ccc(Cl)cc1. The first-order chi connectivity index (χ1) is 13.3. The van der Waals surface area contributed by atoms with Crippen LogP contribution in [0.2, 0.25) is 15.1 Å². The second-order valence-electron chi connectivity index (χ2n) is 5.89. The van der Waals surface area contributed by atoms with Crippen LogP contribution < -0.4 is 4.72 Å². The first-order valence-corrected chi connectivity index (χ1v) is 11.4. The third kappa shape index (κ3) is 3.97. The van der Waals surface area contributed by atoms with E-state index < -0.39 is 10.0 Å². The Bertz CT molecular complexity index is 1290. The Labute approximate surface area is 180 Å². The van der Waals surface area contributed by atoms with Gasteiger partial charge in [-0.3, -0.25) is 4.72 Å². The number of benzene rings is 3. The molecule has 4 aromatic rings. The molecule has 28 heavy (non-hydrogen) atoms. The van der Waals surface area contributed by atoms with Crippen LogP contribution in [0, 0.1) is 0 Å². The van der Waals surface area contributed by atoms with Crippen LogP contribution >= 0.6 is 46.1 Å². The molecule has 0 saturated carbocycles. The quantitative estimate of drug-likeness (QED) is 0.361. The molecule has 0 unspecified atom stereocenters. The van der Waals surface area contributed by atoms with Crippen molar-refractivity contribution in [2.45, 2.75) is 4.90 Å². The summed E-state index contributed by atoms with van der Waals surface area (Å²) in [5, 5.41) is 2.22. The van der Waals surface area contributed by atoms with Crippen molar-refractivity contribution < 1.29 is 8.42 Å². The lowest BCUT2D eigenvalue weighted by atomic mass is 10.2. The number of nitrogens with one attached hydrogen (secondary N) is 1. The molecule has 0 spiro atoms. The highest BCUT2D eigenvalue weighted by Gasteiger charge is 2.16. The highest BCUT2D eigenvalue weighted by molar-refractivity contribution is 7.92. The molecule has 0 aliphatic carbocycles. The number of thiazole rings is 1. The van der Waals surface area contributed by atoms with Gasteiger partial charge in [0.05, 0.1) is 25.8 Å². The molecule has 1 heterocycles. The van der Waals surface area contributed by atoms with E-state index in [9.17, 15) is 8.42 Å². The van der Waals surface area contributed by atoms with Gasteiger partial charge in [0.15, 0.2) is 0 Å². The van der Waals surface area contributed by atoms with Crippen molar-refractivity contribution in [3.63, 3.8) is 0 Å². The van der Waals surface area contributed by atoms with E-state index in [2.05, 4.69) is 9.71 Å². The molecule has 1 N–H and O–H groups in total. The van der Waals surface area contributed by atoms with Crippen molar-refractivity contribution in [2.24, 2.45) is 0 Å². The fourth-order valence-corrected chi connectivity index (χ4v) is 5.38. The third-order valence-electron chi connectivity index (χ3n) is 3.93. The molecule has 0 bridgehead atoms. The Morgan fingerprint density at radius 2 is 1.57 bits per heavy atom. The summed E-state index contributed by atoms with van der Waals surface area (Å²) in [7, 11) is -3.74. The number of hydrogen-bond acceptors (Lipinski definition) is 4. The zero-order chi connectivity index (χ0) is 19.9. The van der Waals surface area contributed by atoms with Gasteiger partial charge in [0, 0.05) is 15.6 Å². The van der Waals surface area contributed by atoms with Gasteiger partial charge in [-0.25, -0.2) is 13.4 Å². The van der Waals surface area contributed by atoms with Crippen LogP contribution in [0.4, 0.5) is 5.69 Å². The van der Waals surface area contributed by atoms with Crippen LogP contribution in [-0.4, -0.2) is 13.4 Å². The molecular weight excluding hydrogens is 459 g/mol. The maximum atomic E-state index is 12.5. The highest BCUT2D eigenvalue weighted by Crippen LogP contribution is 2.36. The Morgan fingerprint density at radius 3 is 2.29 bits per heavy atom. The minimum Gasteiger partial charge on any atom is -0.280 e. The maximum absolute atomic E-state index is 12.5. The minimum absolute atomic E-state index is 0.111. The molecule has 3 aromatic carbocycles. The molecule has 9 heteroatoms. The fourth-order valence-electron chi connectivity index (χ4n) is 2.59. The van der Waals surface area contributed by atoms with Gasteiger partial charge >= 0.3 is 0 Å². The first-order valence-electron chi connectivity index (χ1n) is 7.96. The molecular formula is C19H11Cl3N2O2S2. The van der Waals surface area contributed by atoms with Gasteiger partial charge in [0.25, 0.3) is 10.0 Å². The molecule has 0 aliphatic rings. The van der Waals surface area contributed by atoms with Crippen LogP contribution in [0.25, 0.3) is 20.8 Å². The van der Waals surface area contributed by atoms with Gasteiger partial charge in [-0.15, -0.1) is 11.3 Å². The second-order valence-corrected chi connectivity index (χ2v) is 9.88. The van der Waals surface area contributed by atoms with Crippen molar-refractivity contribution in [3.05, 3.63) is 75.7 Å². The van der Waals surface area contributed by atoms with Crippen molar-refractivity contribution >= 4 is 72.1 Å². The monoisotopic (exact) mass is 468 g/mol. The first kappa shape index (κ1) is 19.5. The van der Waals surface area contributed by atoms with E-state index in [0.717, 1.165) is 15.2 Å². The third-order valence-corrected chi connectivity index (χ3v) is 7.17. The molecule has 0 amide bonds. The van der Waals surface area contributed by atoms with Crippen LogP contribution in [0.3, 0.4) is 0 Å². The number of sulfonamides is 1. The van der Waals surface area contributed by atoms with Crippen LogP contribution in [0.1, 0.15) is 0 Å². The lowest BCUT2D eigenvalue weighted by Gasteiger charge is -2.10. The number of fused-ring (bicyclic) bond motifs is 1. The van der Waals surface area contributed by atoms with Gasteiger partial charge in [-0.2, -0.15) is 0 Å². The Morgan fingerprint density at radius 1 is 0.857 bits per heavy atom. The summed E-state index contributed by atoms with van der Waals surface area (Å²) in [6.07, 6.45) is 0. The molecule has 4 nitrogen and oxygen atoms in total. The van der Waals surface area contributed by atoms with E-state index in [1.807, 2.05) is 12.1 Å². The van der Waals surface area contributed by atoms with Gasteiger partial charge < -0.3 is 0 Å². The van der Waals surface area contributed by atoms with E-state index in [4.69, 9.17) is 34.8 Å². The van der Waals surface area contributed by atoms with Gasteiger partial charge in [-0.1, -0.05) is 34.8 Å². The largest absolute Gasteiger partial charge is 0.280 e. The molecule has 0 saturated heterocycles. The minimum atomic E-state index is -3.74. The van der Waals surface area contributed by atoms with E-state index in [1.165, 1.54) is 35.6 Å². The second kappa shape index (κ2) is 7.54. The number of anilines is 1. The topological polar surface area (TPSA) is 59.1 Å². The van der Waals surface area contributed by atoms with Gasteiger partial charge in [0.2, 0.25) is 0 Å². The molecule has 0 fully saturated rings. The number of rotatable bonds is 4. The molecule has 0 atom stereocenters. The van der Waals surface area contributed by atoms with Gasteiger partial charge in [-0.05, 0) is 60.7 Å². The molecule has 1 aromatic heterocycles. The van der Waals surface area contributed by atoms with E-state index >= 15 is 0 Å². The summed E-state index contributed by atoms with van der Waals surface area (Å²) < 4.78 is 28.5. The normalized spacial score (nSPS) is 11.7. The number of halogens is 3. The summed E-state index contributed by atoms with van der Waals surface area (Å²) >= 11 is 19.7. The summed E-state index contributed by atoms with van der Waals surface area (Å²) in [5.41, 5.74) is 1.90. The van der Waals surface area contributed by atoms with Gasteiger partial charge in [0.1, 0.15) is 5.01 Å². The predicted molar refractivity (Wildman–Crippen MR) is 117 cm³/mol. The predicted octanol–water partition coefficient (Wildman–Crippen LogP) is 6.72. The average molecular weight is 470 g/mol. The molecule has 4 rings (SSSR count). The van der Waals surface area contributed by atoms with Crippen LogP contribution in [0.15, 0.2) is 65.6 Å². The molecule has 0 radical (unpaired) electrons. The lowest BCUT2D eigenvalue weighted by molar-refractivity contribution is 0.601. The smallest absolute Gasteiger partial charge is 0.261 e. The van der Waals surface area contributed by atoms with E-state index in [-0.39, 0.29) is 4.90 Å². The maximum Gasteiger partial charge on any atom is 0.261 e. The van der Waals surface area contributed by atoms with Crippen LogP contribution in [0.5, 0.6) is 0 Å². The number of hydrogen-bond donors (Lipinski definition) is 1. The highest BCUT2D eigenvalue weighted by atomic mass is 35.5.